The summed E-state index contributed by atoms with van der Waals surface area (Å²) in [6.45, 7) is 4.30. The molecule has 0 aliphatic carbocycles. The smallest absolute Gasteiger partial charge is 0.254 e. The van der Waals surface area contributed by atoms with Crippen LogP contribution in [0.15, 0.2) is 24.3 Å². The van der Waals surface area contributed by atoms with Gasteiger partial charge in [-0.05, 0) is 18.2 Å². The summed E-state index contributed by atoms with van der Waals surface area (Å²) in [5.41, 5.74) is 1.16. The van der Waals surface area contributed by atoms with Crippen molar-refractivity contribution in [2.45, 2.75) is 6.92 Å². The Morgan fingerprint density at radius 3 is 2.43 bits per heavy atom. The fourth-order valence-electron chi connectivity index (χ4n) is 2.51. The Labute approximate surface area is 135 Å². The van der Waals surface area contributed by atoms with Gasteiger partial charge in [0.15, 0.2) is 0 Å². The van der Waals surface area contributed by atoms with Crippen molar-refractivity contribution in [3.05, 3.63) is 29.8 Å². The Morgan fingerprint density at radius 1 is 1.13 bits per heavy atom. The van der Waals surface area contributed by atoms with Crippen LogP contribution in [0.25, 0.3) is 0 Å². The van der Waals surface area contributed by atoms with Crippen LogP contribution >= 0.6 is 0 Å². The van der Waals surface area contributed by atoms with E-state index in [2.05, 4.69) is 10.6 Å². The maximum absolute atomic E-state index is 12.5. The monoisotopic (exact) mass is 318 g/mol. The lowest BCUT2D eigenvalue weighted by Crippen LogP contribution is -2.50. The summed E-state index contributed by atoms with van der Waals surface area (Å²) >= 11 is 0. The molecular weight excluding hydrogens is 296 g/mol. The molecule has 124 valence electrons. The van der Waals surface area contributed by atoms with E-state index in [-0.39, 0.29) is 17.7 Å². The summed E-state index contributed by atoms with van der Waals surface area (Å²) in [6.07, 6.45) is 0. The van der Waals surface area contributed by atoms with Gasteiger partial charge < -0.3 is 15.5 Å². The molecule has 23 heavy (non-hydrogen) atoms. The summed E-state index contributed by atoms with van der Waals surface area (Å²) in [6, 6.07) is 6.92. The van der Waals surface area contributed by atoms with Crippen molar-refractivity contribution in [3.8, 4) is 0 Å². The molecule has 1 aliphatic heterocycles. The third kappa shape index (κ3) is 4.79. The molecule has 1 aliphatic rings. The van der Waals surface area contributed by atoms with Gasteiger partial charge in [-0.15, -0.1) is 0 Å². The molecule has 2 N–H and O–H groups in total. The van der Waals surface area contributed by atoms with Crippen LogP contribution in [0.1, 0.15) is 17.3 Å². The Morgan fingerprint density at radius 2 is 1.83 bits per heavy atom. The summed E-state index contributed by atoms with van der Waals surface area (Å²) in [5.74, 6) is -0.248. The van der Waals surface area contributed by atoms with Crippen LogP contribution in [-0.4, -0.2) is 67.3 Å². The second-order valence-corrected chi connectivity index (χ2v) is 5.50. The molecule has 0 aromatic heterocycles. The van der Waals surface area contributed by atoms with E-state index >= 15 is 0 Å². The minimum absolute atomic E-state index is 0.0206. The maximum atomic E-state index is 12.5. The lowest BCUT2D eigenvalue weighted by atomic mass is 10.1. The molecule has 0 atom stereocenters. The number of hydrogen-bond donors (Lipinski definition) is 2. The molecule has 0 bridgehead atoms. The number of nitrogens with zero attached hydrogens (tertiary/aromatic N) is 2. The van der Waals surface area contributed by atoms with E-state index in [0.29, 0.717) is 44.0 Å². The quantitative estimate of drug-likeness (QED) is 0.828. The molecule has 7 heteroatoms. The number of amides is 3. The zero-order chi connectivity index (χ0) is 16.8. The molecule has 3 amide bonds. The number of rotatable bonds is 4. The highest BCUT2D eigenvalue weighted by atomic mass is 16.2. The van der Waals surface area contributed by atoms with Gasteiger partial charge in [-0.1, -0.05) is 6.07 Å². The second kappa shape index (κ2) is 7.73. The average Bonchev–Trinajstić information content (AvgIpc) is 2.54. The molecule has 1 fully saturated rings. The molecule has 1 aromatic rings. The van der Waals surface area contributed by atoms with Crippen LogP contribution in [0.4, 0.5) is 5.69 Å². The number of carbonyl (C=O) groups is 3. The number of piperazine rings is 1. The SMILES string of the molecule is CNC(=O)CN1CCN(C(=O)c2cccc(NC(C)=O)c2)CC1. The van der Waals surface area contributed by atoms with E-state index in [1.165, 1.54) is 6.92 Å². The van der Waals surface area contributed by atoms with Gasteiger partial charge in [0.25, 0.3) is 5.91 Å². The summed E-state index contributed by atoms with van der Waals surface area (Å²) in [4.78, 5) is 38.8. The van der Waals surface area contributed by atoms with Crippen LogP contribution in [0.3, 0.4) is 0 Å². The van der Waals surface area contributed by atoms with Crippen LogP contribution in [0, 0.1) is 0 Å². The maximum Gasteiger partial charge on any atom is 0.254 e. The summed E-state index contributed by atoms with van der Waals surface area (Å²) in [5, 5.41) is 5.27. The third-order valence-electron chi connectivity index (χ3n) is 3.74. The van der Waals surface area contributed by atoms with Gasteiger partial charge in [-0.3, -0.25) is 19.3 Å². The fraction of sp³-hybridized carbons (Fsp3) is 0.438. The van der Waals surface area contributed by atoms with Crippen LogP contribution in [0.2, 0.25) is 0 Å². The number of nitrogens with one attached hydrogen (secondary N) is 2. The van der Waals surface area contributed by atoms with Crippen LogP contribution in [0.5, 0.6) is 0 Å². The van der Waals surface area contributed by atoms with Crippen molar-refractivity contribution >= 4 is 23.4 Å². The normalized spacial score (nSPS) is 15.1. The first kappa shape index (κ1) is 17.0. The summed E-state index contributed by atoms with van der Waals surface area (Å²) in [7, 11) is 1.62. The third-order valence-corrected chi connectivity index (χ3v) is 3.74. The number of anilines is 1. The second-order valence-electron chi connectivity index (χ2n) is 5.50. The lowest BCUT2D eigenvalue weighted by Gasteiger charge is -2.34. The molecule has 0 saturated carbocycles. The number of likely N-dealkylation sites (N-methyl/N-ethyl adjacent to an activating group) is 1. The minimum Gasteiger partial charge on any atom is -0.358 e. The molecular formula is C16H22N4O3. The van der Waals surface area contributed by atoms with E-state index in [1.54, 1.807) is 36.2 Å². The Balaban J connectivity index is 1.94. The van der Waals surface area contributed by atoms with Gasteiger partial charge in [-0.2, -0.15) is 0 Å². The van der Waals surface area contributed by atoms with Crippen molar-refractivity contribution in [2.75, 3.05) is 45.1 Å². The minimum atomic E-state index is -0.169. The molecule has 0 unspecified atom stereocenters. The number of benzene rings is 1. The zero-order valence-electron chi connectivity index (χ0n) is 13.5. The topological polar surface area (TPSA) is 81.8 Å². The highest BCUT2D eigenvalue weighted by Gasteiger charge is 2.23. The number of carbonyl (C=O) groups excluding carboxylic acids is 3. The van der Waals surface area contributed by atoms with Gasteiger partial charge in [0, 0.05) is 51.4 Å². The van der Waals surface area contributed by atoms with E-state index in [4.69, 9.17) is 0 Å². The van der Waals surface area contributed by atoms with Crippen molar-refractivity contribution in [1.29, 1.82) is 0 Å². The average molecular weight is 318 g/mol. The summed E-state index contributed by atoms with van der Waals surface area (Å²) < 4.78 is 0. The van der Waals surface area contributed by atoms with Gasteiger partial charge in [0.2, 0.25) is 11.8 Å². The van der Waals surface area contributed by atoms with Gasteiger partial charge >= 0.3 is 0 Å². The zero-order valence-corrected chi connectivity index (χ0v) is 13.5. The molecule has 1 heterocycles. The van der Waals surface area contributed by atoms with Crippen molar-refractivity contribution < 1.29 is 14.4 Å². The van der Waals surface area contributed by atoms with Gasteiger partial charge in [0.05, 0.1) is 6.54 Å². The van der Waals surface area contributed by atoms with Crippen LogP contribution < -0.4 is 10.6 Å². The highest BCUT2D eigenvalue weighted by Crippen LogP contribution is 2.14. The van der Waals surface area contributed by atoms with Crippen molar-refractivity contribution in [3.63, 3.8) is 0 Å². The molecule has 0 radical (unpaired) electrons. The highest BCUT2D eigenvalue weighted by molar-refractivity contribution is 5.96. The first-order chi connectivity index (χ1) is 11.0. The van der Waals surface area contributed by atoms with Crippen molar-refractivity contribution in [1.82, 2.24) is 15.1 Å². The van der Waals surface area contributed by atoms with Crippen molar-refractivity contribution in [2.24, 2.45) is 0 Å². The predicted octanol–water partition coefficient (Wildman–Crippen LogP) is 0.149. The number of hydrogen-bond acceptors (Lipinski definition) is 4. The lowest BCUT2D eigenvalue weighted by molar-refractivity contribution is -0.122. The molecule has 1 aromatic carbocycles. The largest absolute Gasteiger partial charge is 0.358 e. The van der Waals surface area contributed by atoms with E-state index < -0.39 is 0 Å². The van der Waals surface area contributed by atoms with Gasteiger partial charge in [-0.25, -0.2) is 0 Å². The Kier molecular flexibility index (Phi) is 5.70. The van der Waals surface area contributed by atoms with Crippen LogP contribution in [-0.2, 0) is 9.59 Å². The van der Waals surface area contributed by atoms with E-state index in [9.17, 15) is 14.4 Å². The van der Waals surface area contributed by atoms with E-state index in [0.717, 1.165) is 0 Å². The first-order valence-corrected chi connectivity index (χ1v) is 7.59. The predicted molar refractivity (Wildman–Crippen MR) is 87.2 cm³/mol. The Hall–Kier alpha value is -2.41. The fourth-order valence-corrected chi connectivity index (χ4v) is 2.51. The standard InChI is InChI=1S/C16H22N4O3/c1-12(21)18-14-5-3-4-13(10-14)16(23)20-8-6-19(7-9-20)11-15(22)17-2/h3-5,10H,6-9,11H2,1-2H3,(H,17,22)(H,18,21). The molecule has 1 saturated heterocycles. The first-order valence-electron chi connectivity index (χ1n) is 7.59. The Bertz CT molecular complexity index is 595. The van der Waals surface area contributed by atoms with Gasteiger partial charge in [0.1, 0.15) is 0 Å². The molecule has 2 rings (SSSR count). The molecule has 0 spiro atoms. The van der Waals surface area contributed by atoms with E-state index in [1.807, 2.05) is 4.90 Å². The molecule has 7 nitrogen and oxygen atoms in total.